The van der Waals surface area contributed by atoms with Gasteiger partial charge in [-0.3, -0.25) is 4.79 Å². The maximum Gasteiger partial charge on any atom is 0.226 e. The van der Waals surface area contributed by atoms with Gasteiger partial charge in [0.15, 0.2) is 8.38 Å². The maximum absolute atomic E-state index is 13.7. The third-order valence-corrected chi connectivity index (χ3v) is 10.5. The van der Waals surface area contributed by atoms with E-state index in [-0.39, 0.29) is 28.8 Å². The average molecular weight is 448 g/mol. The highest BCUT2D eigenvalue weighted by Gasteiger charge is 2.60. The average Bonchev–Trinajstić information content (AvgIpc) is 3.03. The van der Waals surface area contributed by atoms with Gasteiger partial charge in [-0.05, 0) is 107 Å². The smallest absolute Gasteiger partial charge is 0.226 e. The highest BCUT2D eigenvalue weighted by atomic mass is 31.2. The van der Waals surface area contributed by atoms with E-state index in [0.29, 0.717) is 23.7 Å². The highest BCUT2D eigenvalue weighted by molar-refractivity contribution is 7.50. The second kappa shape index (κ2) is 8.26. The van der Waals surface area contributed by atoms with Crippen molar-refractivity contribution in [2.24, 2.45) is 34.5 Å². The van der Waals surface area contributed by atoms with E-state index in [1.165, 1.54) is 18.4 Å². The monoisotopic (exact) mass is 447 g/mol. The molecule has 5 heteroatoms. The largest absolute Gasteiger partial charge is 0.347 e. The van der Waals surface area contributed by atoms with Crippen LogP contribution in [0.4, 0.5) is 0 Å². The number of hydrogen-bond donors (Lipinski definition) is 2. The van der Waals surface area contributed by atoms with Gasteiger partial charge >= 0.3 is 0 Å². The predicted octanol–water partition coefficient (Wildman–Crippen LogP) is 6.00. The second-order valence-corrected chi connectivity index (χ2v) is 12.9. The molecule has 2 N–H and O–H groups in total. The number of allylic oxidation sites excluding steroid dienone is 4. The Morgan fingerprint density at radius 3 is 2.35 bits per heavy atom. The maximum atomic E-state index is 13.7. The van der Waals surface area contributed by atoms with Crippen molar-refractivity contribution in [3.63, 3.8) is 0 Å². The zero-order valence-electron chi connectivity index (χ0n) is 20.3. The summed E-state index contributed by atoms with van der Waals surface area (Å²) >= 11 is 0. The molecule has 0 aromatic rings. The molecule has 2 saturated carbocycles. The summed E-state index contributed by atoms with van der Waals surface area (Å²) in [6.07, 6.45) is 11.9. The fourth-order valence-electron chi connectivity index (χ4n) is 8.16. The Morgan fingerprint density at radius 2 is 1.74 bits per heavy atom. The topological polar surface area (TPSA) is 60.8 Å². The molecule has 0 bridgehead atoms. The molecule has 0 radical (unpaired) electrons. The fraction of sp³-hybridized carbons (Fsp3) is 0.808. The van der Waals surface area contributed by atoms with E-state index in [1.807, 2.05) is 0 Å². The quantitative estimate of drug-likeness (QED) is 0.520. The van der Waals surface area contributed by atoms with Gasteiger partial charge in [0, 0.05) is 23.3 Å². The van der Waals surface area contributed by atoms with Gasteiger partial charge in [0.1, 0.15) is 0 Å². The third kappa shape index (κ3) is 3.65. The van der Waals surface area contributed by atoms with Crippen molar-refractivity contribution in [3.05, 3.63) is 23.0 Å². The molecule has 0 heterocycles. The second-order valence-electron chi connectivity index (χ2n) is 11.7. The Bertz CT molecular complexity index is 780. The molecule has 1 amide bonds. The summed E-state index contributed by atoms with van der Waals surface area (Å²) in [5.74, 6) is 2.46. The Labute approximate surface area is 190 Å². The van der Waals surface area contributed by atoms with Crippen molar-refractivity contribution in [2.45, 2.75) is 98.6 Å². The summed E-state index contributed by atoms with van der Waals surface area (Å²) in [7, 11) is -1.96. The van der Waals surface area contributed by atoms with Crippen LogP contribution in [0.15, 0.2) is 23.0 Å². The van der Waals surface area contributed by atoms with Crippen LogP contribution in [0.25, 0.3) is 0 Å². The molecule has 31 heavy (non-hydrogen) atoms. The van der Waals surface area contributed by atoms with E-state index in [9.17, 15) is 14.6 Å². The van der Waals surface area contributed by atoms with Crippen molar-refractivity contribution >= 4 is 14.3 Å². The van der Waals surface area contributed by atoms with Crippen molar-refractivity contribution in [2.75, 3.05) is 0 Å². The van der Waals surface area contributed by atoms with Crippen LogP contribution in [-0.2, 0) is 4.79 Å². The van der Waals surface area contributed by atoms with Gasteiger partial charge in [-0.15, -0.1) is 0 Å². The normalized spacial score (nSPS) is 39.7. The lowest BCUT2D eigenvalue weighted by molar-refractivity contribution is -0.146. The third-order valence-electron chi connectivity index (χ3n) is 9.67. The first-order chi connectivity index (χ1) is 14.5. The van der Waals surface area contributed by atoms with Crippen LogP contribution in [0, 0.1) is 34.5 Å². The molecule has 3 unspecified atom stereocenters. The lowest BCUT2D eigenvalue weighted by Crippen LogP contribution is -2.53. The van der Waals surface area contributed by atoms with Crippen LogP contribution in [0.3, 0.4) is 0 Å². The number of amides is 1. The molecular weight excluding hydrogens is 405 g/mol. The van der Waals surface area contributed by atoms with E-state index >= 15 is 0 Å². The number of nitrogens with zero attached hydrogens (tertiary/aromatic N) is 1. The van der Waals surface area contributed by atoms with Gasteiger partial charge in [-0.2, -0.15) is 0 Å². The minimum atomic E-state index is -1.96. The first kappa shape index (κ1) is 23.5. The van der Waals surface area contributed by atoms with Crippen LogP contribution in [0.5, 0.6) is 0 Å². The van der Waals surface area contributed by atoms with Crippen LogP contribution in [-0.4, -0.2) is 32.7 Å². The SMILES string of the molecule is CC(C)N(C(=O)[C@H]1CCC2C3CC=C4C=C(P(O)O)CC[C@]4(C)C3CC[C@@]21C)C(C)C. The number of carbonyl (C=O) groups excluding carboxylic acids is 1. The first-order valence-corrected chi connectivity index (χ1v) is 13.7. The van der Waals surface area contributed by atoms with Crippen LogP contribution < -0.4 is 0 Å². The van der Waals surface area contributed by atoms with E-state index in [4.69, 9.17) is 0 Å². The molecule has 6 atom stereocenters. The molecule has 4 aliphatic rings. The molecule has 0 saturated heterocycles. The van der Waals surface area contributed by atoms with Crippen molar-refractivity contribution < 1.29 is 14.6 Å². The lowest BCUT2D eigenvalue weighted by atomic mass is 9.48. The Morgan fingerprint density at radius 1 is 1.06 bits per heavy atom. The number of hydrogen-bond acceptors (Lipinski definition) is 3. The van der Waals surface area contributed by atoms with Crippen LogP contribution in [0.1, 0.15) is 86.5 Å². The standard InChI is InChI=1S/C26H42NO3P/c1-16(2)27(17(3)4)24(28)23-10-9-21-20-8-7-18-15-19(31(29)30)11-13-25(18,5)22(20)12-14-26(21,23)6/h7,15-17,20-23,29-30H,8-14H2,1-6H3/t20?,21?,22?,23-,25+,26+/m1/s1. The van der Waals surface area contributed by atoms with Crippen molar-refractivity contribution in [1.82, 2.24) is 4.90 Å². The Hall–Kier alpha value is -0.700. The van der Waals surface area contributed by atoms with Gasteiger partial charge < -0.3 is 14.7 Å². The zero-order chi connectivity index (χ0) is 22.7. The minimum absolute atomic E-state index is 0.113. The highest BCUT2D eigenvalue weighted by Crippen LogP contribution is 2.66. The fourth-order valence-corrected chi connectivity index (χ4v) is 8.73. The van der Waals surface area contributed by atoms with Gasteiger partial charge in [-0.25, -0.2) is 0 Å². The predicted molar refractivity (Wildman–Crippen MR) is 127 cm³/mol. The summed E-state index contributed by atoms with van der Waals surface area (Å²) in [5.41, 5.74) is 1.59. The number of rotatable bonds is 4. The van der Waals surface area contributed by atoms with E-state index < -0.39 is 8.38 Å². The van der Waals surface area contributed by atoms with Crippen LogP contribution >= 0.6 is 8.38 Å². The van der Waals surface area contributed by atoms with Gasteiger partial charge in [0.25, 0.3) is 0 Å². The number of carbonyl (C=O) groups is 1. The Balaban J connectivity index is 1.61. The number of fused-ring (bicyclic) bond motifs is 5. The zero-order valence-corrected chi connectivity index (χ0v) is 21.2. The lowest BCUT2D eigenvalue weighted by Gasteiger charge is -2.57. The summed E-state index contributed by atoms with van der Waals surface area (Å²) in [5, 5.41) is 0.826. The molecule has 0 aliphatic heterocycles. The van der Waals surface area contributed by atoms with Gasteiger partial charge in [0.2, 0.25) is 5.91 Å². The van der Waals surface area contributed by atoms with Gasteiger partial charge in [0.05, 0.1) is 0 Å². The molecule has 2 fully saturated rings. The molecule has 4 aliphatic carbocycles. The Kier molecular flexibility index (Phi) is 6.25. The van der Waals surface area contributed by atoms with E-state index in [2.05, 4.69) is 58.6 Å². The first-order valence-electron chi connectivity index (χ1n) is 12.4. The van der Waals surface area contributed by atoms with E-state index in [0.717, 1.165) is 37.4 Å². The molecular formula is C26H42NO3P. The van der Waals surface area contributed by atoms with Crippen molar-refractivity contribution in [1.29, 1.82) is 0 Å². The molecule has 0 aromatic heterocycles. The van der Waals surface area contributed by atoms with Gasteiger partial charge in [-0.1, -0.05) is 26.0 Å². The summed E-state index contributed by atoms with van der Waals surface area (Å²) < 4.78 is 0. The molecule has 4 rings (SSSR count). The van der Waals surface area contributed by atoms with Crippen molar-refractivity contribution in [3.8, 4) is 0 Å². The molecule has 174 valence electrons. The minimum Gasteiger partial charge on any atom is -0.347 e. The van der Waals surface area contributed by atoms with E-state index in [1.54, 1.807) is 0 Å². The summed E-state index contributed by atoms with van der Waals surface area (Å²) in [6, 6.07) is 0.495. The summed E-state index contributed by atoms with van der Waals surface area (Å²) in [6.45, 7) is 13.4. The molecule has 4 nitrogen and oxygen atoms in total. The molecule has 0 aromatic carbocycles. The summed E-state index contributed by atoms with van der Waals surface area (Å²) in [4.78, 5) is 35.3. The molecule has 0 spiro atoms. The van der Waals surface area contributed by atoms with Crippen LogP contribution in [0.2, 0.25) is 0 Å².